The van der Waals surface area contributed by atoms with Crippen molar-refractivity contribution in [3.8, 4) is 0 Å². The van der Waals surface area contributed by atoms with Crippen molar-refractivity contribution in [3.05, 3.63) is 74.4 Å². The first kappa shape index (κ1) is 16.8. The van der Waals surface area contributed by atoms with Crippen LogP contribution >= 0.6 is 23.2 Å². The van der Waals surface area contributed by atoms with Crippen LogP contribution in [0.4, 0.5) is 16.2 Å². The monoisotopic (exact) mass is 351 g/mol. The maximum Gasteiger partial charge on any atom is 0.323 e. The summed E-state index contributed by atoms with van der Waals surface area (Å²) in [5.41, 5.74) is 0.844. The number of hydrogen-bond acceptors (Lipinski definition) is 3. The molecule has 118 valence electrons. The van der Waals surface area contributed by atoms with E-state index < -0.39 is 11.0 Å². The molecule has 0 spiro atoms. The molecule has 0 saturated heterocycles. The average Bonchev–Trinajstić information content (AvgIpc) is 2.51. The first-order valence-electron chi connectivity index (χ1n) is 6.39. The Balaban J connectivity index is 1.96. The SMILES string of the molecule is O=C(N/C=C/c1ccc(Cl)cc1)Nc1ccc(Cl)c([N+](=O)[O-])c1. The van der Waals surface area contributed by atoms with Crippen molar-refractivity contribution < 1.29 is 9.72 Å². The molecule has 0 bridgehead atoms. The number of nitro groups is 1. The van der Waals surface area contributed by atoms with Gasteiger partial charge < -0.3 is 10.6 Å². The molecule has 0 aliphatic heterocycles. The molecule has 2 amide bonds. The molecule has 23 heavy (non-hydrogen) atoms. The van der Waals surface area contributed by atoms with E-state index in [1.807, 2.05) is 0 Å². The third-order valence-corrected chi connectivity index (χ3v) is 3.33. The molecule has 8 heteroatoms. The Morgan fingerprint density at radius 2 is 1.83 bits per heavy atom. The summed E-state index contributed by atoms with van der Waals surface area (Å²) < 4.78 is 0. The highest BCUT2D eigenvalue weighted by atomic mass is 35.5. The van der Waals surface area contributed by atoms with E-state index in [1.54, 1.807) is 30.3 Å². The number of rotatable bonds is 4. The van der Waals surface area contributed by atoms with Gasteiger partial charge in [-0.05, 0) is 35.9 Å². The van der Waals surface area contributed by atoms with Crippen LogP contribution in [-0.2, 0) is 0 Å². The van der Waals surface area contributed by atoms with Crippen LogP contribution in [0.2, 0.25) is 10.0 Å². The molecular weight excluding hydrogens is 341 g/mol. The van der Waals surface area contributed by atoms with Crippen molar-refractivity contribution in [1.82, 2.24) is 5.32 Å². The van der Waals surface area contributed by atoms with Gasteiger partial charge in [-0.15, -0.1) is 0 Å². The lowest BCUT2D eigenvalue weighted by Gasteiger charge is -2.05. The standard InChI is InChI=1S/C15H11Cl2N3O3/c16-11-3-1-10(2-4-11)7-8-18-15(21)19-12-5-6-13(17)14(9-12)20(22)23/h1-9H,(H2,18,19,21)/b8-7+. The second kappa shape index (κ2) is 7.62. The lowest BCUT2D eigenvalue weighted by atomic mass is 10.2. The van der Waals surface area contributed by atoms with E-state index in [1.165, 1.54) is 24.4 Å². The van der Waals surface area contributed by atoms with Gasteiger partial charge in [0.05, 0.1) is 4.92 Å². The first-order chi connectivity index (χ1) is 11.0. The van der Waals surface area contributed by atoms with Gasteiger partial charge in [-0.2, -0.15) is 0 Å². The second-order valence-corrected chi connectivity index (χ2v) is 5.25. The lowest BCUT2D eigenvalue weighted by Crippen LogP contribution is -2.23. The quantitative estimate of drug-likeness (QED) is 0.618. The van der Waals surface area contributed by atoms with Crippen LogP contribution in [0.5, 0.6) is 0 Å². The van der Waals surface area contributed by atoms with Crippen LogP contribution in [0.3, 0.4) is 0 Å². The van der Waals surface area contributed by atoms with E-state index in [4.69, 9.17) is 23.2 Å². The van der Waals surface area contributed by atoms with Gasteiger partial charge >= 0.3 is 6.03 Å². The number of amides is 2. The zero-order valence-corrected chi connectivity index (χ0v) is 13.1. The maximum absolute atomic E-state index is 11.7. The van der Waals surface area contributed by atoms with Gasteiger partial charge in [-0.25, -0.2) is 4.79 Å². The minimum Gasteiger partial charge on any atom is -0.314 e. The molecule has 0 unspecified atom stereocenters. The van der Waals surface area contributed by atoms with Crippen LogP contribution in [0.25, 0.3) is 6.08 Å². The van der Waals surface area contributed by atoms with Crippen LogP contribution in [0.15, 0.2) is 48.7 Å². The molecule has 0 fully saturated rings. The second-order valence-electron chi connectivity index (χ2n) is 4.41. The molecule has 0 aromatic heterocycles. The zero-order valence-electron chi connectivity index (χ0n) is 11.6. The molecule has 2 N–H and O–H groups in total. The Labute approximate surface area is 141 Å². The van der Waals surface area contributed by atoms with Crippen molar-refractivity contribution in [2.75, 3.05) is 5.32 Å². The van der Waals surface area contributed by atoms with E-state index in [0.717, 1.165) is 5.56 Å². The molecule has 6 nitrogen and oxygen atoms in total. The maximum atomic E-state index is 11.7. The molecule has 0 radical (unpaired) electrons. The third-order valence-electron chi connectivity index (χ3n) is 2.76. The summed E-state index contributed by atoms with van der Waals surface area (Å²) in [6.45, 7) is 0. The van der Waals surface area contributed by atoms with Gasteiger partial charge in [0, 0.05) is 23.0 Å². The fraction of sp³-hybridized carbons (Fsp3) is 0. The van der Waals surface area contributed by atoms with Crippen LogP contribution < -0.4 is 10.6 Å². The van der Waals surface area contributed by atoms with Gasteiger partial charge in [-0.3, -0.25) is 10.1 Å². The fourth-order valence-electron chi connectivity index (χ4n) is 1.68. The van der Waals surface area contributed by atoms with E-state index in [-0.39, 0.29) is 16.4 Å². The summed E-state index contributed by atoms with van der Waals surface area (Å²) in [6, 6.07) is 10.5. The molecule has 0 saturated carbocycles. The minimum atomic E-state index is -0.619. The van der Waals surface area contributed by atoms with E-state index in [0.29, 0.717) is 5.02 Å². The summed E-state index contributed by atoms with van der Waals surface area (Å²) in [5, 5.41) is 16.4. The number of anilines is 1. The van der Waals surface area contributed by atoms with Gasteiger partial charge in [-0.1, -0.05) is 35.3 Å². The van der Waals surface area contributed by atoms with Crippen molar-refractivity contribution in [3.63, 3.8) is 0 Å². The molecule has 0 aliphatic rings. The van der Waals surface area contributed by atoms with E-state index >= 15 is 0 Å². The number of halogens is 2. The van der Waals surface area contributed by atoms with E-state index in [9.17, 15) is 14.9 Å². The molecule has 2 aromatic carbocycles. The number of carbonyl (C=O) groups is 1. The number of carbonyl (C=O) groups excluding carboxylic acids is 1. The van der Waals surface area contributed by atoms with Crippen LogP contribution in [0, 0.1) is 10.1 Å². The summed E-state index contributed by atoms with van der Waals surface area (Å²) in [7, 11) is 0. The van der Waals surface area contributed by atoms with Crippen molar-refractivity contribution in [1.29, 1.82) is 0 Å². The summed E-state index contributed by atoms with van der Waals surface area (Å²) >= 11 is 11.5. The van der Waals surface area contributed by atoms with Gasteiger partial charge in [0.1, 0.15) is 5.02 Å². The molecular formula is C15H11Cl2N3O3. The third kappa shape index (κ3) is 4.98. The minimum absolute atomic E-state index is 0.00333. The van der Waals surface area contributed by atoms with Gasteiger partial charge in [0.25, 0.3) is 5.69 Å². The first-order valence-corrected chi connectivity index (χ1v) is 7.15. The Hall–Kier alpha value is -2.57. The number of urea groups is 1. The Kier molecular flexibility index (Phi) is 5.56. The largest absolute Gasteiger partial charge is 0.323 e. The Morgan fingerprint density at radius 1 is 1.13 bits per heavy atom. The average molecular weight is 352 g/mol. The molecule has 2 aromatic rings. The predicted molar refractivity (Wildman–Crippen MR) is 90.7 cm³/mol. The lowest BCUT2D eigenvalue weighted by molar-refractivity contribution is -0.384. The summed E-state index contributed by atoms with van der Waals surface area (Å²) in [4.78, 5) is 21.9. The van der Waals surface area contributed by atoms with Crippen molar-refractivity contribution in [2.24, 2.45) is 0 Å². The van der Waals surface area contributed by atoms with Crippen LogP contribution in [-0.4, -0.2) is 11.0 Å². The summed E-state index contributed by atoms with van der Waals surface area (Å²) in [6.07, 6.45) is 3.13. The molecule has 0 heterocycles. The van der Waals surface area contributed by atoms with Gasteiger partial charge in [0.2, 0.25) is 0 Å². The Bertz CT molecular complexity index is 761. The molecule has 0 aliphatic carbocycles. The van der Waals surface area contributed by atoms with Crippen molar-refractivity contribution in [2.45, 2.75) is 0 Å². The number of nitro benzene ring substituents is 1. The van der Waals surface area contributed by atoms with Crippen LogP contribution in [0.1, 0.15) is 5.56 Å². The molecule has 2 rings (SSSR count). The number of benzene rings is 2. The topological polar surface area (TPSA) is 84.3 Å². The number of nitrogens with zero attached hydrogens (tertiary/aromatic N) is 1. The normalized spacial score (nSPS) is 10.5. The highest BCUT2D eigenvalue weighted by Crippen LogP contribution is 2.27. The zero-order chi connectivity index (χ0) is 16.8. The molecule has 0 atom stereocenters. The highest BCUT2D eigenvalue weighted by Gasteiger charge is 2.13. The van der Waals surface area contributed by atoms with E-state index in [2.05, 4.69) is 10.6 Å². The van der Waals surface area contributed by atoms with Gasteiger partial charge in [0.15, 0.2) is 0 Å². The fourth-order valence-corrected chi connectivity index (χ4v) is 2.00. The highest BCUT2D eigenvalue weighted by molar-refractivity contribution is 6.32. The number of nitrogens with one attached hydrogen (secondary N) is 2. The summed E-state index contributed by atoms with van der Waals surface area (Å²) in [5.74, 6) is 0. The number of hydrogen-bond donors (Lipinski definition) is 2. The predicted octanol–water partition coefficient (Wildman–Crippen LogP) is 4.69. The van der Waals surface area contributed by atoms with Crippen molar-refractivity contribution >= 4 is 46.7 Å². The smallest absolute Gasteiger partial charge is 0.314 e. The Morgan fingerprint density at radius 3 is 2.48 bits per heavy atom.